The lowest BCUT2D eigenvalue weighted by atomic mass is 10.0. The molecular weight excluding hydrogens is 226 g/mol. The van der Waals surface area contributed by atoms with Gasteiger partial charge in [-0.2, -0.15) is 5.26 Å². The summed E-state index contributed by atoms with van der Waals surface area (Å²) >= 11 is 0. The van der Waals surface area contributed by atoms with Crippen LogP contribution in [0.3, 0.4) is 0 Å². The zero-order valence-corrected chi connectivity index (χ0v) is 10.4. The molecule has 0 aliphatic carbocycles. The average Bonchev–Trinajstić information content (AvgIpc) is 2.73. The van der Waals surface area contributed by atoms with Gasteiger partial charge in [-0.1, -0.05) is 6.07 Å². The van der Waals surface area contributed by atoms with Crippen LogP contribution in [0, 0.1) is 18.3 Å². The first-order chi connectivity index (χ1) is 8.67. The molecule has 4 heteroatoms. The second kappa shape index (κ2) is 4.84. The first-order valence-corrected chi connectivity index (χ1v) is 5.78. The van der Waals surface area contributed by atoms with Crippen LogP contribution >= 0.6 is 0 Å². The maximum atomic E-state index is 9.08. The van der Waals surface area contributed by atoms with E-state index < -0.39 is 0 Å². The number of aromatic amines is 1. The van der Waals surface area contributed by atoms with Crippen molar-refractivity contribution in [2.45, 2.75) is 13.8 Å². The van der Waals surface area contributed by atoms with Gasteiger partial charge in [0.2, 0.25) is 0 Å². The second-order valence-electron chi connectivity index (χ2n) is 4.02. The molecule has 0 aliphatic rings. The number of nitrogens with two attached hydrogens (primary N) is 1. The average molecular weight is 241 g/mol. The summed E-state index contributed by atoms with van der Waals surface area (Å²) in [6, 6.07) is 7.96. The van der Waals surface area contributed by atoms with Gasteiger partial charge in [0.15, 0.2) is 0 Å². The molecule has 2 rings (SSSR count). The summed E-state index contributed by atoms with van der Waals surface area (Å²) in [5.74, 6) is 1.27. The normalized spacial score (nSPS) is 10.1. The minimum absolute atomic E-state index is 0.402. The molecule has 92 valence electrons. The summed E-state index contributed by atoms with van der Waals surface area (Å²) in [6.45, 7) is 4.57. The van der Waals surface area contributed by atoms with Gasteiger partial charge in [0.05, 0.1) is 6.61 Å². The van der Waals surface area contributed by atoms with Gasteiger partial charge in [0.1, 0.15) is 23.2 Å². The second-order valence-corrected chi connectivity index (χ2v) is 4.02. The number of aromatic nitrogens is 1. The Kier molecular flexibility index (Phi) is 3.24. The summed E-state index contributed by atoms with van der Waals surface area (Å²) in [7, 11) is 0. The van der Waals surface area contributed by atoms with E-state index in [1.54, 1.807) is 6.20 Å². The Bertz CT molecular complexity index is 608. The van der Waals surface area contributed by atoms with Crippen LogP contribution in [0.15, 0.2) is 24.4 Å². The van der Waals surface area contributed by atoms with Gasteiger partial charge in [0, 0.05) is 11.8 Å². The van der Waals surface area contributed by atoms with Crippen molar-refractivity contribution in [2.24, 2.45) is 0 Å². The Hall–Kier alpha value is -2.41. The van der Waals surface area contributed by atoms with Gasteiger partial charge in [-0.3, -0.25) is 0 Å². The molecule has 0 atom stereocenters. The maximum absolute atomic E-state index is 9.08. The topological polar surface area (TPSA) is 74.8 Å². The van der Waals surface area contributed by atoms with E-state index in [0.717, 1.165) is 22.4 Å². The lowest BCUT2D eigenvalue weighted by Gasteiger charge is -2.08. The highest BCUT2D eigenvalue weighted by Gasteiger charge is 2.11. The molecule has 2 aromatic rings. The van der Waals surface area contributed by atoms with Crippen LogP contribution in [0.2, 0.25) is 0 Å². The summed E-state index contributed by atoms with van der Waals surface area (Å²) in [4.78, 5) is 2.87. The molecule has 0 unspecified atom stereocenters. The maximum Gasteiger partial charge on any atom is 0.122 e. The number of nitriles is 1. The Labute approximate surface area is 106 Å². The van der Waals surface area contributed by atoms with Gasteiger partial charge in [-0.15, -0.1) is 0 Å². The Morgan fingerprint density at radius 1 is 1.44 bits per heavy atom. The zero-order valence-electron chi connectivity index (χ0n) is 10.4. The first-order valence-electron chi connectivity index (χ1n) is 5.78. The third kappa shape index (κ3) is 2.03. The van der Waals surface area contributed by atoms with Crippen LogP contribution in [0.4, 0.5) is 5.82 Å². The predicted octanol–water partition coefficient (Wildman–Crippen LogP) is 2.84. The lowest BCUT2D eigenvalue weighted by Crippen LogP contribution is -1.94. The number of rotatable bonds is 3. The Balaban J connectivity index is 2.46. The third-order valence-corrected chi connectivity index (χ3v) is 2.81. The predicted molar refractivity (Wildman–Crippen MR) is 71.3 cm³/mol. The fourth-order valence-corrected chi connectivity index (χ4v) is 1.92. The van der Waals surface area contributed by atoms with Gasteiger partial charge >= 0.3 is 0 Å². The molecule has 18 heavy (non-hydrogen) atoms. The molecule has 0 fully saturated rings. The number of hydrogen-bond donors (Lipinski definition) is 2. The van der Waals surface area contributed by atoms with Crippen molar-refractivity contribution in [3.05, 3.63) is 35.5 Å². The first kappa shape index (κ1) is 12.1. The highest BCUT2D eigenvalue weighted by atomic mass is 16.5. The van der Waals surface area contributed by atoms with Crippen molar-refractivity contribution in [1.82, 2.24) is 4.98 Å². The zero-order chi connectivity index (χ0) is 13.1. The third-order valence-electron chi connectivity index (χ3n) is 2.81. The van der Waals surface area contributed by atoms with Crippen molar-refractivity contribution < 1.29 is 4.74 Å². The van der Waals surface area contributed by atoms with E-state index in [2.05, 4.69) is 11.1 Å². The number of ether oxygens (including phenoxy) is 1. The van der Waals surface area contributed by atoms with Crippen molar-refractivity contribution in [2.75, 3.05) is 12.3 Å². The molecule has 0 radical (unpaired) electrons. The number of nitrogens with one attached hydrogen (secondary N) is 1. The molecule has 0 saturated carbocycles. The van der Waals surface area contributed by atoms with Crippen LogP contribution in [0.25, 0.3) is 11.1 Å². The van der Waals surface area contributed by atoms with E-state index >= 15 is 0 Å². The number of benzene rings is 1. The van der Waals surface area contributed by atoms with Crippen LogP contribution in [0.5, 0.6) is 5.75 Å². The van der Waals surface area contributed by atoms with Crippen molar-refractivity contribution in [3.8, 4) is 22.9 Å². The molecule has 0 spiro atoms. The Morgan fingerprint density at radius 3 is 2.83 bits per heavy atom. The van der Waals surface area contributed by atoms with Crippen LogP contribution in [-0.2, 0) is 0 Å². The van der Waals surface area contributed by atoms with E-state index in [-0.39, 0.29) is 0 Å². The molecule has 0 saturated heterocycles. The summed E-state index contributed by atoms with van der Waals surface area (Å²) in [6.07, 6.45) is 1.75. The number of nitrogens with zero attached hydrogens (tertiary/aromatic N) is 1. The fraction of sp³-hybridized carbons (Fsp3) is 0.214. The van der Waals surface area contributed by atoms with Crippen LogP contribution in [-0.4, -0.2) is 11.6 Å². The standard InChI is InChI=1S/C14H15N3O/c1-3-18-13-5-4-10(6-9(13)2)12-8-17-14(16)11(12)7-15/h4-6,8,17H,3,16H2,1-2H3. The van der Waals surface area contributed by atoms with Gasteiger partial charge in [0.25, 0.3) is 0 Å². The molecular formula is C14H15N3O. The van der Waals surface area contributed by atoms with Crippen molar-refractivity contribution >= 4 is 5.82 Å². The molecule has 1 heterocycles. The molecule has 0 bridgehead atoms. The molecule has 4 nitrogen and oxygen atoms in total. The molecule has 0 aliphatic heterocycles. The Morgan fingerprint density at radius 2 is 2.22 bits per heavy atom. The van der Waals surface area contributed by atoms with E-state index in [0.29, 0.717) is 18.0 Å². The van der Waals surface area contributed by atoms with Gasteiger partial charge in [-0.25, -0.2) is 0 Å². The van der Waals surface area contributed by atoms with E-state index in [1.807, 2.05) is 32.0 Å². The van der Waals surface area contributed by atoms with Crippen molar-refractivity contribution in [1.29, 1.82) is 5.26 Å². The smallest absolute Gasteiger partial charge is 0.122 e. The minimum atomic E-state index is 0.402. The molecule has 3 N–H and O–H groups in total. The monoisotopic (exact) mass is 241 g/mol. The van der Waals surface area contributed by atoms with Crippen LogP contribution in [0.1, 0.15) is 18.1 Å². The largest absolute Gasteiger partial charge is 0.494 e. The molecule has 1 aromatic carbocycles. The number of nitrogen functional groups attached to an aromatic ring is 1. The SMILES string of the molecule is CCOc1ccc(-c2c[nH]c(N)c2C#N)cc1C. The number of anilines is 1. The van der Waals surface area contributed by atoms with Gasteiger partial charge in [-0.05, 0) is 37.1 Å². The summed E-state index contributed by atoms with van der Waals surface area (Å²) in [5, 5.41) is 9.08. The molecule has 0 amide bonds. The highest BCUT2D eigenvalue weighted by molar-refractivity contribution is 5.76. The molecule has 1 aromatic heterocycles. The van der Waals surface area contributed by atoms with E-state index in [9.17, 15) is 0 Å². The van der Waals surface area contributed by atoms with Crippen LogP contribution < -0.4 is 10.5 Å². The lowest BCUT2D eigenvalue weighted by molar-refractivity contribution is 0.338. The quantitative estimate of drug-likeness (QED) is 0.867. The minimum Gasteiger partial charge on any atom is -0.494 e. The summed E-state index contributed by atoms with van der Waals surface area (Å²) in [5.41, 5.74) is 9.01. The number of H-pyrrole nitrogens is 1. The van der Waals surface area contributed by atoms with Crippen molar-refractivity contribution in [3.63, 3.8) is 0 Å². The van der Waals surface area contributed by atoms with E-state index in [1.165, 1.54) is 0 Å². The number of aryl methyl sites for hydroxylation is 1. The fourth-order valence-electron chi connectivity index (χ4n) is 1.92. The highest BCUT2D eigenvalue weighted by Crippen LogP contribution is 2.30. The number of hydrogen-bond acceptors (Lipinski definition) is 3. The van der Waals surface area contributed by atoms with Gasteiger partial charge < -0.3 is 15.5 Å². The van der Waals surface area contributed by atoms with E-state index in [4.69, 9.17) is 15.7 Å². The summed E-state index contributed by atoms with van der Waals surface area (Å²) < 4.78 is 5.49.